The second-order valence-electron chi connectivity index (χ2n) is 5.80. The van der Waals surface area contributed by atoms with Gasteiger partial charge in [-0.25, -0.2) is 0 Å². The maximum atomic E-state index is 12.1. The van der Waals surface area contributed by atoms with E-state index < -0.39 is 0 Å². The lowest BCUT2D eigenvalue weighted by Gasteiger charge is -2.24. The van der Waals surface area contributed by atoms with E-state index in [4.69, 9.17) is 4.74 Å². The predicted octanol–water partition coefficient (Wildman–Crippen LogP) is 2.81. The van der Waals surface area contributed by atoms with Crippen LogP contribution in [-0.2, 0) is 17.9 Å². The zero-order valence-electron chi connectivity index (χ0n) is 12.0. The summed E-state index contributed by atoms with van der Waals surface area (Å²) in [6.07, 6.45) is 2.13. The number of hydrogen-bond donors (Lipinski definition) is 1. The number of hydrogen-bond acceptors (Lipinski definition) is 3. The molecule has 0 bridgehead atoms. The Balaban J connectivity index is 1.51. The summed E-state index contributed by atoms with van der Waals surface area (Å²) >= 11 is 3.44. The number of benzene rings is 1. The Morgan fingerprint density at radius 2 is 2.09 bits per heavy atom. The van der Waals surface area contributed by atoms with Gasteiger partial charge in [0.05, 0.1) is 18.8 Å². The largest absolute Gasteiger partial charge is 0.365 e. The van der Waals surface area contributed by atoms with Crippen molar-refractivity contribution in [2.75, 3.05) is 0 Å². The number of nitrogens with one attached hydrogen (secondary N) is 1. The highest BCUT2D eigenvalue weighted by atomic mass is 79.9. The molecule has 1 aromatic heterocycles. The minimum absolute atomic E-state index is 0.0279. The van der Waals surface area contributed by atoms with Crippen LogP contribution in [0.25, 0.3) is 0 Å². The summed E-state index contributed by atoms with van der Waals surface area (Å²) in [6.45, 7) is 1.11. The van der Waals surface area contributed by atoms with Crippen LogP contribution in [0.2, 0.25) is 0 Å². The molecule has 1 aliphatic heterocycles. The molecule has 0 radical (unpaired) electrons. The summed E-state index contributed by atoms with van der Waals surface area (Å²) in [4.78, 5) is 12.1. The Labute approximate surface area is 136 Å². The van der Waals surface area contributed by atoms with Crippen molar-refractivity contribution in [2.24, 2.45) is 0 Å². The van der Waals surface area contributed by atoms with Gasteiger partial charge in [-0.05, 0) is 36.6 Å². The van der Waals surface area contributed by atoms with Crippen molar-refractivity contribution in [3.05, 3.63) is 51.8 Å². The van der Waals surface area contributed by atoms with Crippen molar-refractivity contribution < 1.29 is 9.53 Å². The van der Waals surface area contributed by atoms with Crippen LogP contribution in [0.3, 0.4) is 0 Å². The van der Waals surface area contributed by atoms with E-state index in [2.05, 4.69) is 26.3 Å². The van der Waals surface area contributed by atoms with E-state index in [1.807, 2.05) is 35.0 Å². The number of carbonyl (C=O) groups excluding carboxylic acids is 1. The predicted molar refractivity (Wildman–Crippen MR) is 84.4 cm³/mol. The van der Waals surface area contributed by atoms with Crippen molar-refractivity contribution in [3.8, 4) is 0 Å². The fourth-order valence-electron chi connectivity index (χ4n) is 2.60. The summed E-state index contributed by atoms with van der Waals surface area (Å²) in [5.41, 5.74) is 2.56. The third-order valence-electron chi connectivity index (χ3n) is 4.02. The Bertz CT molecular complexity index is 707. The van der Waals surface area contributed by atoms with Crippen molar-refractivity contribution in [3.63, 3.8) is 0 Å². The van der Waals surface area contributed by atoms with Gasteiger partial charge in [-0.3, -0.25) is 9.48 Å². The quantitative estimate of drug-likeness (QED) is 0.914. The van der Waals surface area contributed by atoms with Gasteiger partial charge >= 0.3 is 0 Å². The van der Waals surface area contributed by atoms with Gasteiger partial charge in [0.2, 0.25) is 0 Å². The normalized spacial score (nSPS) is 20.5. The molecule has 1 atom stereocenters. The first-order valence-corrected chi connectivity index (χ1v) is 8.23. The molecular weight excluding hydrogens is 346 g/mol. The summed E-state index contributed by atoms with van der Waals surface area (Å²) < 4.78 is 8.84. The number of rotatable bonds is 3. The number of ether oxygens (including phenoxy) is 1. The Kier molecular flexibility index (Phi) is 3.50. The van der Waals surface area contributed by atoms with Crippen LogP contribution in [0.4, 0.5) is 0 Å². The highest BCUT2D eigenvalue weighted by Gasteiger charge is 2.27. The number of amides is 1. The first kappa shape index (κ1) is 14.0. The minimum atomic E-state index is -0.0791. The molecule has 1 amide bonds. The minimum Gasteiger partial charge on any atom is -0.365 e. The van der Waals surface area contributed by atoms with Crippen LogP contribution in [-0.4, -0.2) is 21.7 Å². The van der Waals surface area contributed by atoms with Crippen molar-refractivity contribution in [1.82, 2.24) is 15.1 Å². The van der Waals surface area contributed by atoms with Crippen LogP contribution < -0.4 is 5.32 Å². The molecule has 114 valence electrons. The monoisotopic (exact) mass is 361 g/mol. The Hall–Kier alpha value is -1.66. The molecule has 2 aromatic rings. The zero-order chi connectivity index (χ0) is 15.1. The third-order valence-corrected chi connectivity index (χ3v) is 4.55. The number of halogens is 1. The number of nitrogens with zero attached hydrogens (tertiary/aromatic N) is 2. The first-order valence-electron chi connectivity index (χ1n) is 7.44. The molecule has 1 saturated carbocycles. The van der Waals surface area contributed by atoms with Crippen molar-refractivity contribution >= 4 is 21.8 Å². The van der Waals surface area contributed by atoms with E-state index in [1.165, 1.54) is 0 Å². The Morgan fingerprint density at radius 3 is 2.82 bits per heavy atom. The van der Waals surface area contributed by atoms with Gasteiger partial charge < -0.3 is 10.1 Å². The first-order chi connectivity index (χ1) is 10.7. The maximum absolute atomic E-state index is 12.1. The lowest BCUT2D eigenvalue weighted by molar-refractivity contribution is -0.00120. The molecule has 1 unspecified atom stereocenters. The van der Waals surface area contributed by atoms with Crippen LogP contribution >= 0.6 is 15.9 Å². The van der Waals surface area contributed by atoms with E-state index in [1.54, 1.807) is 0 Å². The standard InChI is InChI=1S/C16H16BrN3O2/c17-11-3-1-10(2-4-11)15-8-20-13(9-22-15)7-14(19-20)16(21)18-12-5-6-12/h1-4,7,12,15H,5-6,8-9H2,(H,18,21). The topological polar surface area (TPSA) is 56.2 Å². The molecule has 2 aliphatic rings. The van der Waals surface area contributed by atoms with E-state index in [9.17, 15) is 4.79 Å². The van der Waals surface area contributed by atoms with Crippen LogP contribution in [0.5, 0.6) is 0 Å². The molecule has 1 fully saturated rings. The highest BCUT2D eigenvalue weighted by molar-refractivity contribution is 9.10. The van der Waals surface area contributed by atoms with Gasteiger partial charge in [-0.1, -0.05) is 28.1 Å². The molecule has 2 heterocycles. The average molecular weight is 362 g/mol. The summed E-state index contributed by atoms with van der Waals surface area (Å²) in [5.74, 6) is -0.0791. The molecule has 1 aliphatic carbocycles. The third kappa shape index (κ3) is 2.80. The Morgan fingerprint density at radius 1 is 1.32 bits per heavy atom. The van der Waals surface area contributed by atoms with Crippen LogP contribution in [0.1, 0.15) is 40.7 Å². The van der Waals surface area contributed by atoms with E-state index in [-0.39, 0.29) is 12.0 Å². The second kappa shape index (κ2) is 5.52. The fraction of sp³-hybridized carbons (Fsp3) is 0.375. The van der Waals surface area contributed by atoms with Crippen LogP contribution in [0, 0.1) is 0 Å². The number of aromatic nitrogens is 2. The number of carbonyl (C=O) groups is 1. The summed E-state index contributed by atoms with van der Waals surface area (Å²) in [6, 6.07) is 10.3. The highest BCUT2D eigenvalue weighted by Crippen LogP contribution is 2.27. The van der Waals surface area contributed by atoms with Gasteiger partial charge in [0.25, 0.3) is 5.91 Å². The lowest BCUT2D eigenvalue weighted by atomic mass is 10.1. The van der Waals surface area contributed by atoms with E-state index >= 15 is 0 Å². The van der Waals surface area contributed by atoms with Gasteiger partial charge in [0.15, 0.2) is 5.69 Å². The smallest absolute Gasteiger partial charge is 0.272 e. The van der Waals surface area contributed by atoms with E-state index in [0.717, 1.165) is 28.6 Å². The molecule has 1 N–H and O–H groups in total. The second-order valence-corrected chi connectivity index (χ2v) is 6.72. The summed E-state index contributed by atoms with van der Waals surface area (Å²) in [5, 5.41) is 7.41. The SMILES string of the molecule is O=C(NC1CC1)c1cc2n(n1)CC(c1ccc(Br)cc1)OC2. The fourth-order valence-corrected chi connectivity index (χ4v) is 2.87. The number of fused-ring (bicyclic) bond motifs is 1. The van der Waals surface area contributed by atoms with E-state index in [0.29, 0.717) is 24.9 Å². The molecule has 0 saturated heterocycles. The summed E-state index contributed by atoms with van der Waals surface area (Å²) in [7, 11) is 0. The van der Waals surface area contributed by atoms with Gasteiger partial charge in [-0.15, -0.1) is 0 Å². The maximum Gasteiger partial charge on any atom is 0.272 e. The molecule has 1 aromatic carbocycles. The van der Waals surface area contributed by atoms with Crippen LogP contribution in [0.15, 0.2) is 34.8 Å². The molecule has 5 nitrogen and oxygen atoms in total. The van der Waals surface area contributed by atoms with Crippen molar-refractivity contribution in [2.45, 2.75) is 38.1 Å². The van der Waals surface area contributed by atoms with Crippen molar-refractivity contribution in [1.29, 1.82) is 0 Å². The van der Waals surface area contributed by atoms with Gasteiger partial charge in [0, 0.05) is 10.5 Å². The van der Waals surface area contributed by atoms with Gasteiger partial charge in [0.1, 0.15) is 6.10 Å². The zero-order valence-corrected chi connectivity index (χ0v) is 13.5. The lowest BCUT2D eigenvalue weighted by Crippen LogP contribution is -2.26. The molecule has 22 heavy (non-hydrogen) atoms. The van der Waals surface area contributed by atoms with Gasteiger partial charge in [-0.2, -0.15) is 5.10 Å². The molecular formula is C16H16BrN3O2. The molecule has 6 heteroatoms. The molecule has 0 spiro atoms. The average Bonchev–Trinajstić information content (AvgIpc) is 3.23. The molecule has 4 rings (SSSR count).